The molecule has 1 aliphatic heterocycles. The quantitative estimate of drug-likeness (QED) is 0.631. The first-order chi connectivity index (χ1) is 14.5. The van der Waals surface area contributed by atoms with Gasteiger partial charge < -0.3 is 0 Å². The van der Waals surface area contributed by atoms with Crippen molar-refractivity contribution in [1.82, 2.24) is 19.7 Å². The van der Waals surface area contributed by atoms with Crippen LogP contribution in [-0.2, 0) is 22.6 Å². The number of fused-ring (bicyclic) bond motifs is 1. The van der Waals surface area contributed by atoms with Crippen molar-refractivity contribution in [3.63, 3.8) is 0 Å². The maximum Gasteiger partial charge on any atom is 0.228 e. The van der Waals surface area contributed by atoms with Crippen LogP contribution in [0.2, 0.25) is 0 Å². The molecular weight excluding hydrogens is 378 g/mol. The van der Waals surface area contributed by atoms with Gasteiger partial charge in [0.15, 0.2) is 0 Å². The van der Waals surface area contributed by atoms with E-state index in [1.165, 1.54) is 0 Å². The molecule has 3 aromatic rings. The van der Waals surface area contributed by atoms with Gasteiger partial charge in [0, 0.05) is 62.1 Å². The van der Waals surface area contributed by atoms with E-state index >= 15 is 0 Å². The summed E-state index contributed by atoms with van der Waals surface area (Å²) in [6.45, 7) is 5.44. The van der Waals surface area contributed by atoms with Gasteiger partial charge in [-0.1, -0.05) is 0 Å². The summed E-state index contributed by atoms with van der Waals surface area (Å²) in [5.74, 6) is 0.815. The molecule has 30 heavy (non-hydrogen) atoms. The van der Waals surface area contributed by atoms with Gasteiger partial charge in [0.05, 0.1) is 11.4 Å². The normalized spacial score (nSPS) is 13.2. The van der Waals surface area contributed by atoms with Gasteiger partial charge in [0.1, 0.15) is 11.6 Å². The van der Waals surface area contributed by atoms with Crippen LogP contribution in [0, 0.1) is 13.8 Å². The van der Waals surface area contributed by atoms with Crippen LogP contribution in [0.25, 0.3) is 11.3 Å². The van der Waals surface area contributed by atoms with Crippen molar-refractivity contribution < 1.29 is 9.59 Å². The second-order valence-electron chi connectivity index (χ2n) is 7.74. The minimum absolute atomic E-state index is 0.0129. The zero-order chi connectivity index (χ0) is 21.1. The monoisotopic (exact) mass is 403 g/mol. The molecule has 1 amide bonds. The molecule has 7 nitrogen and oxygen atoms in total. The third-order valence-electron chi connectivity index (χ3n) is 5.24. The second kappa shape index (κ2) is 8.57. The van der Waals surface area contributed by atoms with Gasteiger partial charge >= 0.3 is 0 Å². The molecule has 0 spiro atoms. The third kappa shape index (κ3) is 4.45. The average molecular weight is 403 g/mol. The van der Waals surface area contributed by atoms with Gasteiger partial charge in [-0.15, -0.1) is 0 Å². The van der Waals surface area contributed by atoms with Crippen LogP contribution in [0.5, 0.6) is 0 Å². The Labute approximate surface area is 175 Å². The highest BCUT2D eigenvalue weighted by atomic mass is 16.2. The number of carbonyl (C=O) groups excluding carboxylic acids is 2. The summed E-state index contributed by atoms with van der Waals surface area (Å²) in [5.41, 5.74) is 4.52. The van der Waals surface area contributed by atoms with Crippen molar-refractivity contribution in [2.75, 3.05) is 11.4 Å². The lowest BCUT2D eigenvalue weighted by atomic mass is 10.1. The minimum Gasteiger partial charge on any atom is -0.299 e. The smallest absolute Gasteiger partial charge is 0.228 e. The average Bonchev–Trinajstić information content (AvgIpc) is 3.12. The topological polar surface area (TPSA) is 81.0 Å². The van der Waals surface area contributed by atoms with Crippen LogP contribution in [0.4, 0.5) is 5.82 Å². The molecule has 0 atom stereocenters. The number of hydrogen-bond donors (Lipinski definition) is 0. The molecule has 0 aliphatic carbocycles. The number of pyridine rings is 2. The van der Waals surface area contributed by atoms with Crippen molar-refractivity contribution in [2.45, 2.75) is 46.1 Å². The van der Waals surface area contributed by atoms with Crippen molar-refractivity contribution in [3.05, 3.63) is 59.7 Å². The van der Waals surface area contributed by atoms with E-state index in [4.69, 9.17) is 0 Å². The Kier molecular flexibility index (Phi) is 5.70. The number of hydrogen-bond acceptors (Lipinski definition) is 5. The number of carbonyl (C=O) groups is 2. The lowest BCUT2D eigenvalue weighted by Gasteiger charge is -2.27. The number of amides is 1. The molecule has 0 radical (unpaired) electrons. The summed E-state index contributed by atoms with van der Waals surface area (Å²) in [7, 11) is 0. The van der Waals surface area contributed by atoms with E-state index in [-0.39, 0.29) is 31.0 Å². The molecule has 0 aromatic carbocycles. The second-order valence-corrected chi connectivity index (χ2v) is 7.74. The van der Waals surface area contributed by atoms with Crippen LogP contribution in [0.3, 0.4) is 0 Å². The Bertz CT molecular complexity index is 1070. The van der Waals surface area contributed by atoms with Gasteiger partial charge in [-0.05, 0) is 50.1 Å². The summed E-state index contributed by atoms with van der Waals surface area (Å²) < 4.78 is 1.87. The van der Waals surface area contributed by atoms with E-state index in [1.807, 2.05) is 48.9 Å². The molecule has 4 rings (SSSR count). The largest absolute Gasteiger partial charge is 0.299 e. The standard InChI is InChI=1S/C23H25N5O2/c1-16-8-9-24-21(12-16)18-4-5-19(25-15-18)14-20(29)6-7-23(30)27-10-3-11-28-22(27)13-17(2)26-28/h4-5,8-9,12-13,15H,3,6-7,10-11,14H2,1-2H3. The summed E-state index contributed by atoms with van der Waals surface area (Å²) in [6, 6.07) is 9.66. The molecule has 0 N–H and O–H groups in total. The fourth-order valence-electron chi connectivity index (χ4n) is 3.71. The molecule has 3 aromatic heterocycles. The zero-order valence-corrected chi connectivity index (χ0v) is 17.3. The lowest BCUT2D eigenvalue weighted by molar-refractivity contribution is -0.123. The van der Waals surface area contributed by atoms with Crippen LogP contribution in [0.1, 0.15) is 36.2 Å². The van der Waals surface area contributed by atoms with E-state index in [9.17, 15) is 9.59 Å². The van der Waals surface area contributed by atoms with Crippen molar-refractivity contribution in [2.24, 2.45) is 0 Å². The van der Waals surface area contributed by atoms with Crippen LogP contribution in [0.15, 0.2) is 42.7 Å². The molecule has 4 heterocycles. The first-order valence-corrected chi connectivity index (χ1v) is 10.2. The molecule has 154 valence electrons. The van der Waals surface area contributed by atoms with Crippen molar-refractivity contribution >= 4 is 17.5 Å². The van der Waals surface area contributed by atoms with Gasteiger partial charge in [0.25, 0.3) is 0 Å². The highest BCUT2D eigenvalue weighted by Crippen LogP contribution is 2.23. The van der Waals surface area contributed by atoms with E-state index in [0.29, 0.717) is 12.2 Å². The van der Waals surface area contributed by atoms with Crippen LogP contribution in [-0.4, -0.2) is 38.0 Å². The molecule has 0 fully saturated rings. The molecule has 0 saturated carbocycles. The molecule has 1 aliphatic rings. The van der Waals surface area contributed by atoms with E-state index in [1.54, 1.807) is 17.3 Å². The van der Waals surface area contributed by atoms with Crippen molar-refractivity contribution in [1.29, 1.82) is 0 Å². The third-order valence-corrected chi connectivity index (χ3v) is 5.24. The SMILES string of the molecule is Cc1ccnc(-c2ccc(CC(=O)CCC(=O)N3CCCn4nc(C)cc43)nc2)c1. The maximum absolute atomic E-state index is 12.7. The van der Waals surface area contributed by atoms with Gasteiger partial charge in [-0.25, -0.2) is 4.68 Å². The number of Topliss-reactive ketones (excluding diaryl/α,β-unsaturated/α-hetero) is 1. The lowest BCUT2D eigenvalue weighted by Crippen LogP contribution is -2.37. The Hall–Kier alpha value is -3.35. The zero-order valence-electron chi connectivity index (χ0n) is 17.3. The van der Waals surface area contributed by atoms with Crippen molar-refractivity contribution in [3.8, 4) is 11.3 Å². The van der Waals surface area contributed by atoms with E-state index < -0.39 is 0 Å². The van der Waals surface area contributed by atoms with Crippen LogP contribution < -0.4 is 4.90 Å². The fraction of sp³-hybridized carbons (Fsp3) is 0.348. The number of ketones is 1. The highest BCUT2D eigenvalue weighted by molar-refractivity contribution is 5.95. The van der Waals surface area contributed by atoms with Gasteiger partial charge in [-0.2, -0.15) is 5.10 Å². The Balaban J connectivity index is 1.32. The van der Waals surface area contributed by atoms with Crippen LogP contribution >= 0.6 is 0 Å². The minimum atomic E-state index is -0.0296. The predicted molar refractivity (Wildman–Crippen MR) is 114 cm³/mol. The molecule has 0 bridgehead atoms. The van der Waals surface area contributed by atoms with E-state index in [0.717, 1.165) is 41.3 Å². The van der Waals surface area contributed by atoms with E-state index in [2.05, 4.69) is 15.1 Å². The summed E-state index contributed by atoms with van der Waals surface area (Å²) >= 11 is 0. The highest BCUT2D eigenvalue weighted by Gasteiger charge is 2.24. The molecule has 0 unspecified atom stereocenters. The Morgan fingerprint density at radius 1 is 1.03 bits per heavy atom. The summed E-state index contributed by atoms with van der Waals surface area (Å²) in [5, 5.41) is 4.41. The maximum atomic E-state index is 12.7. The molecule has 7 heteroatoms. The molecular formula is C23H25N5O2. The number of aromatic nitrogens is 4. The summed E-state index contributed by atoms with van der Waals surface area (Å²) in [6.07, 6.45) is 5.04. The van der Waals surface area contributed by atoms with Gasteiger partial charge in [0.2, 0.25) is 5.91 Å². The fourth-order valence-corrected chi connectivity index (χ4v) is 3.71. The first-order valence-electron chi connectivity index (χ1n) is 10.2. The van der Waals surface area contributed by atoms with Gasteiger partial charge in [-0.3, -0.25) is 24.5 Å². The number of rotatable bonds is 6. The first kappa shape index (κ1) is 19.9. The molecule has 0 saturated heterocycles. The number of aryl methyl sites for hydroxylation is 3. The number of anilines is 1. The Morgan fingerprint density at radius 3 is 2.67 bits per heavy atom. The Morgan fingerprint density at radius 2 is 1.90 bits per heavy atom. The predicted octanol–water partition coefficient (Wildman–Crippen LogP) is 3.29. The number of nitrogens with zero attached hydrogens (tertiary/aromatic N) is 5. The summed E-state index contributed by atoms with van der Waals surface area (Å²) in [4.78, 5) is 35.6.